The first kappa shape index (κ1) is 15.5. The van der Waals surface area contributed by atoms with Crippen LogP contribution in [0.1, 0.15) is 43.2 Å². The fourth-order valence-corrected chi connectivity index (χ4v) is 4.10. The second-order valence-corrected chi connectivity index (χ2v) is 7.48. The van der Waals surface area contributed by atoms with Gasteiger partial charge in [0.05, 0.1) is 0 Å². The summed E-state index contributed by atoms with van der Waals surface area (Å²) in [4.78, 5) is 2.64. The van der Waals surface area contributed by atoms with Gasteiger partial charge in [-0.25, -0.2) is 0 Å². The molecular weight excluding hydrogens is 324 g/mol. The fraction of sp³-hybridized carbons (Fsp3) is 0.667. The Balaban J connectivity index is 1.38. The number of hydrogen-bond donors (Lipinski definition) is 1. The van der Waals surface area contributed by atoms with E-state index in [-0.39, 0.29) is 0 Å². The average Bonchev–Trinajstić information content (AvgIpc) is 2.52. The minimum atomic E-state index is 0.681. The molecule has 0 radical (unpaired) electrons. The van der Waals surface area contributed by atoms with Crippen LogP contribution in [-0.2, 0) is 12.8 Å². The SMILES string of the molecule is Brc1ccc2c(c1)CCC(NCCCN1CCCCC1)C2. The third kappa shape index (κ3) is 4.54. The molecule has 1 aliphatic carbocycles. The summed E-state index contributed by atoms with van der Waals surface area (Å²) in [5.41, 5.74) is 3.08. The van der Waals surface area contributed by atoms with Crippen molar-refractivity contribution < 1.29 is 0 Å². The molecule has 3 heteroatoms. The maximum Gasteiger partial charge on any atom is 0.0178 e. The first-order valence-electron chi connectivity index (χ1n) is 8.54. The molecule has 1 aromatic rings. The quantitative estimate of drug-likeness (QED) is 0.813. The maximum atomic E-state index is 3.78. The number of nitrogens with zero attached hydrogens (tertiary/aromatic N) is 1. The number of benzene rings is 1. The molecule has 3 rings (SSSR count). The molecule has 21 heavy (non-hydrogen) atoms. The number of aryl methyl sites for hydroxylation is 1. The Morgan fingerprint density at radius 3 is 2.86 bits per heavy atom. The van der Waals surface area contributed by atoms with Crippen molar-refractivity contribution in [3.05, 3.63) is 33.8 Å². The Bertz CT molecular complexity index is 455. The Morgan fingerprint density at radius 2 is 2.00 bits per heavy atom. The molecule has 1 unspecified atom stereocenters. The normalized spacial score (nSPS) is 23.0. The standard InChI is InChI=1S/C18H27BrN2/c19-17-7-5-16-14-18(8-6-15(16)13-17)20-9-4-12-21-10-2-1-3-11-21/h5,7,13,18,20H,1-4,6,8-12,14H2. The lowest BCUT2D eigenvalue weighted by atomic mass is 9.88. The van der Waals surface area contributed by atoms with Crippen molar-refractivity contribution in [2.24, 2.45) is 0 Å². The van der Waals surface area contributed by atoms with Crippen LogP contribution in [0.4, 0.5) is 0 Å². The van der Waals surface area contributed by atoms with Gasteiger partial charge in [-0.05, 0) is 88.0 Å². The van der Waals surface area contributed by atoms with Crippen molar-refractivity contribution in [3.8, 4) is 0 Å². The van der Waals surface area contributed by atoms with Crippen molar-refractivity contribution in [2.45, 2.75) is 51.0 Å². The summed E-state index contributed by atoms with van der Waals surface area (Å²) in [6, 6.07) is 7.44. The van der Waals surface area contributed by atoms with Gasteiger partial charge in [0.2, 0.25) is 0 Å². The van der Waals surface area contributed by atoms with Gasteiger partial charge in [0.1, 0.15) is 0 Å². The lowest BCUT2D eigenvalue weighted by Gasteiger charge is -2.28. The predicted octanol–water partition coefficient (Wildman–Crippen LogP) is 3.77. The molecule has 0 bridgehead atoms. The second-order valence-electron chi connectivity index (χ2n) is 6.56. The largest absolute Gasteiger partial charge is 0.314 e. The Morgan fingerprint density at radius 1 is 1.14 bits per heavy atom. The van der Waals surface area contributed by atoms with Crippen LogP contribution in [0, 0.1) is 0 Å². The van der Waals surface area contributed by atoms with Gasteiger partial charge in [0.25, 0.3) is 0 Å². The molecule has 1 heterocycles. The number of piperidine rings is 1. The highest BCUT2D eigenvalue weighted by Gasteiger charge is 2.18. The van der Waals surface area contributed by atoms with Gasteiger partial charge in [-0.1, -0.05) is 28.4 Å². The first-order valence-corrected chi connectivity index (χ1v) is 9.33. The molecule has 116 valence electrons. The van der Waals surface area contributed by atoms with E-state index in [1.807, 2.05) is 0 Å². The first-order chi connectivity index (χ1) is 10.3. The Hall–Kier alpha value is -0.380. The van der Waals surface area contributed by atoms with E-state index >= 15 is 0 Å². The third-order valence-corrected chi connectivity index (χ3v) is 5.42. The lowest BCUT2D eigenvalue weighted by Crippen LogP contribution is -2.37. The van der Waals surface area contributed by atoms with E-state index < -0.39 is 0 Å². The lowest BCUT2D eigenvalue weighted by molar-refractivity contribution is 0.224. The number of hydrogen-bond acceptors (Lipinski definition) is 2. The molecule has 0 spiro atoms. The molecule has 0 amide bonds. The highest BCUT2D eigenvalue weighted by molar-refractivity contribution is 9.10. The molecular formula is C18H27BrN2. The smallest absolute Gasteiger partial charge is 0.0178 e. The van der Waals surface area contributed by atoms with Gasteiger partial charge in [0.15, 0.2) is 0 Å². The summed E-state index contributed by atoms with van der Waals surface area (Å²) in [6.45, 7) is 5.10. The van der Waals surface area contributed by atoms with E-state index in [9.17, 15) is 0 Å². The number of likely N-dealkylation sites (tertiary alicyclic amines) is 1. The highest BCUT2D eigenvalue weighted by atomic mass is 79.9. The van der Waals surface area contributed by atoms with E-state index in [0.29, 0.717) is 6.04 Å². The minimum Gasteiger partial charge on any atom is -0.314 e. The van der Waals surface area contributed by atoms with Gasteiger partial charge in [-0.3, -0.25) is 0 Å². The van der Waals surface area contributed by atoms with Crippen molar-refractivity contribution in [3.63, 3.8) is 0 Å². The van der Waals surface area contributed by atoms with Gasteiger partial charge in [0, 0.05) is 10.5 Å². The van der Waals surface area contributed by atoms with E-state index in [0.717, 1.165) is 0 Å². The zero-order valence-electron chi connectivity index (χ0n) is 12.9. The van der Waals surface area contributed by atoms with E-state index in [1.54, 1.807) is 0 Å². The maximum absolute atomic E-state index is 3.78. The topological polar surface area (TPSA) is 15.3 Å². The van der Waals surface area contributed by atoms with Crippen LogP contribution in [0.15, 0.2) is 22.7 Å². The summed E-state index contributed by atoms with van der Waals surface area (Å²) >= 11 is 3.57. The number of halogens is 1. The molecule has 1 fully saturated rings. The highest BCUT2D eigenvalue weighted by Crippen LogP contribution is 2.24. The van der Waals surface area contributed by atoms with E-state index in [4.69, 9.17) is 0 Å². The van der Waals surface area contributed by atoms with Crippen LogP contribution < -0.4 is 5.32 Å². The summed E-state index contributed by atoms with van der Waals surface area (Å²) in [7, 11) is 0. The molecule has 2 aliphatic rings. The summed E-state index contributed by atoms with van der Waals surface area (Å²) in [6.07, 6.45) is 9.25. The van der Waals surface area contributed by atoms with Crippen molar-refractivity contribution >= 4 is 15.9 Å². The van der Waals surface area contributed by atoms with Crippen LogP contribution in [0.25, 0.3) is 0 Å². The molecule has 2 nitrogen and oxygen atoms in total. The van der Waals surface area contributed by atoms with Crippen molar-refractivity contribution in [2.75, 3.05) is 26.2 Å². The molecule has 0 aromatic heterocycles. The molecule has 1 aliphatic heterocycles. The summed E-state index contributed by atoms with van der Waals surface area (Å²) < 4.78 is 1.22. The second kappa shape index (κ2) is 7.75. The molecule has 1 N–H and O–H groups in total. The molecule has 0 saturated carbocycles. The number of nitrogens with one attached hydrogen (secondary N) is 1. The zero-order valence-corrected chi connectivity index (χ0v) is 14.5. The van der Waals surface area contributed by atoms with Gasteiger partial charge >= 0.3 is 0 Å². The minimum absolute atomic E-state index is 0.681. The predicted molar refractivity (Wildman–Crippen MR) is 92.9 cm³/mol. The molecule has 1 atom stereocenters. The van der Waals surface area contributed by atoms with E-state index in [2.05, 4.69) is 44.3 Å². The van der Waals surface area contributed by atoms with Gasteiger partial charge < -0.3 is 10.2 Å². The van der Waals surface area contributed by atoms with Crippen LogP contribution in [-0.4, -0.2) is 37.1 Å². The Kier molecular flexibility index (Phi) is 5.73. The van der Waals surface area contributed by atoms with Crippen LogP contribution >= 0.6 is 15.9 Å². The van der Waals surface area contributed by atoms with E-state index in [1.165, 1.54) is 86.7 Å². The Labute approximate surface area is 137 Å². The van der Waals surface area contributed by atoms with Crippen LogP contribution in [0.2, 0.25) is 0 Å². The third-order valence-electron chi connectivity index (χ3n) is 4.93. The van der Waals surface area contributed by atoms with Crippen LogP contribution in [0.5, 0.6) is 0 Å². The zero-order chi connectivity index (χ0) is 14.5. The summed E-state index contributed by atoms with van der Waals surface area (Å²) in [5.74, 6) is 0. The fourth-order valence-electron chi connectivity index (χ4n) is 3.69. The van der Waals surface area contributed by atoms with Crippen LogP contribution in [0.3, 0.4) is 0 Å². The number of fused-ring (bicyclic) bond motifs is 1. The summed E-state index contributed by atoms with van der Waals surface area (Å²) in [5, 5.41) is 3.78. The monoisotopic (exact) mass is 350 g/mol. The van der Waals surface area contributed by atoms with Gasteiger partial charge in [-0.2, -0.15) is 0 Å². The van der Waals surface area contributed by atoms with Crippen molar-refractivity contribution in [1.82, 2.24) is 10.2 Å². The molecule has 1 aromatic carbocycles. The van der Waals surface area contributed by atoms with Crippen molar-refractivity contribution in [1.29, 1.82) is 0 Å². The molecule has 1 saturated heterocycles. The average molecular weight is 351 g/mol. The number of rotatable bonds is 5. The van der Waals surface area contributed by atoms with Gasteiger partial charge in [-0.15, -0.1) is 0 Å².